The van der Waals surface area contributed by atoms with Crippen LogP contribution in [0.1, 0.15) is 35.1 Å². The van der Waals surface area contributed by atoms with Crippen LogP contribution in [-0.2, 0) is 30.9 Å². The van der Waals surface area contributed by atoms with Gasteiger partial charge in [0.1, 0.15) is 6.04 Å². The van der Waals surface area contributed by atoms with Gasteiger partial charge in [0.25, 0.3) is 5.91 Å². The third-order valence-electron chi connectivity index (χ3n) is 5.67. The van der Waals surface area contributed by atoms with Crippen molar-refractivity contribution in [3.8, 4) is 0 Å². The molecule has 1 atom stereocenters. The molecule has 1 saturated heterocycles. The molecule has 3 rings (SSSR count). The lowest BCUT2D eigenvalue weighted by Gasteiger charge is -2.25. The summed E-state index contributed by atoms with van der Waals surface area (Å²) < 4.78 is 33.3. The molecule has 1 unspecified atom stereocenters. The van der Waals surface area contributed by atoms with Crippen molar-refractivity contribution < 1.29 is 22.7 Å². The van der Waals surface area contributed by atoms with Gasteiger partial charge in [-0.3, -0.25) is 9.59 Å². The van der Waals surface area contributed by atoms with Crippen LogP contribution in [0.2, 0.25) is 0 Å². The summed E-state index contributed by atoms with van der Waals surface area (Å²) in [5.74, 6) is -1.03. The van der Waals surface area contributed by atoms with Gasteiger partial charge in [-0.15, -0.1) is 0 Å². The lowest BCUT2D eigenvalue weighted by atomic mass is 10.1. The number of esters is 1. The minimum Gasteiger partial charge on any atom is -0.454 e. The average molecular weight is 459 g/mol. The predicted octanol–water partition coefficient (Wildman–Crippen LogP) is 2.97. The van der Waals surface area contributed by atoms with E-state index in [0.717, 1.165) is 11.1 Å². The van der Waals surface area contributed by atoms with Gasteiger partial charge in [0.2, 0.25) is 10.0 Å². The minimum atomic E-state index is -3.87. The minimum absolute atomic E-state index is 0.237. The second-order valence-electron chi connectivity index (χ2n) is 8.34. The van der Waals surface area contributed by atoms with Crippen LogP contribution in [-0.4, -0.2) is 55.7 Å². The van der Waals surface area contributed by atoms with Crippen LogP contribution in [0.25, 0.3) is 0 Å². The summed E-state index contributed by atoms with van der Waals surface area (Å²) in [6, 6.07) is 12.2. The molecule has 2 aromatic rings. The molecule has 1 heterocycles. The Balaban J connectivity index is 1.67. The van der Waals surface area contributed by atoms with E-state index in [1.54, 1.807) is 20.9 Å². The average Bonchev–Trinajstić information content (AvgIpc) is 3.22. The number of hydrogen-bond acceptors (Lipinski definition) is 5. The van der Waals surface area contributed by atoms with Crippen molar-refractivity contribution in [2.45, 2.75) is 51.1 Å². The molecule has 7 nitrogen and oxygen atoms in total. The number of carbonyl (C=O) groups excluding carboxylic acids is 2. The maximum Gasteiger partial charge on any atom is 0.324 e. The van der Waals surface area contributed by atoms with Crippen LogP contribution in [0.15, 0.2) is 47.4 Å². The number of benzene rings is 2. The van der Waals surface area contributed by atoms with Crippen LogP contribution in [0.3, 0.4) is 0 Å². The topological polar surface area (TPSA) is 84.0 Å². The highest BCUT2D eigenvalue weighted by molar-refractivity contribution is 7.89. The first-order chi connectivity index (χ1) is 15.1. The fraction of sp³-hybridized carbons (Fsp3) is 0.417. The van der Waals surface area contributed by atoms with Crippen LogP contribution in [0, 0.1) is 20.8 Å². The summed E-state index contributed by atoms with van der Waals surface area (Å²) in [5, 5.41) is 0. The Bertz CT molecular complexity index is 1080. The summed E-state index contributed by atoms with van der Waals surface area (Å²) in [6.45, 7) is 5.66. The molecule has 0 aromatic heterocycles. The van der Waals surface area contributed by atoms with Gasteiger partial charge in [-0.25, -0.2) is 8.42 Å². The Morgan fingerprint density at radius 1 is 1.09 bits per heavy atom. The molecule has 0 bridgehead atoms. The van der Waals surface area contributed by atoms with Gasteiger partial charge in [-0.2, -0.15) is 4.31 Å². The van der Waals surface area contributed by atoms with E-state index in [9.17, 15) is 18.0 Å². The van der Waals surface area contributed by atoms with E-state index < -0.39 is 28.6 Å². The SMILES string of the molecule is Cc1cc(C)c(S(=O)(=O)N2CCCC2C(=O)OCC(=O)N(C)Cc2ccccc2)c(C)c1. The van der Waals surface area contributed by atoms with Crippen molar-refractivity contribution in [2.75, 3.05) is 20.2 Å². The van der Waals surface area contributed by atoms with Crippen LogP contribution in [0.5, 0.6) is 0 Å². The van der Waals surface area contributed by atoms with Gasteiger partial charge in [-0.05, 0) is 50.3 Å². The first-order valence-corrected chi connectivity index (χ1v) is 12.1. The fourth-order valence-electron chi connectivity index (χ4n) is 4.24. The van der Waals surface area contributed by atoms with Crippen molar-refractivity contribution in [3.63, 3.8) is 0 Å². The van der Waals surface area contributed by atoms with E-state index in [0.29, 0.717) is 30.5 Å². The molecule has 0 N–H and O–H groups in total. The van der Waals surface area contributed by atoms with Crippen molar-refractivity contribution in [2.24, 2.45) is 0 Å². The molecule has 1 amide bonds. The van der Waals surface area contributed by atoms with Crippen LogP contribution in [0.4, 0.5) is 0 Å². The number of ether oxygens (including phenoxy) is 1. The van der Waals surface area contributed by atoms with E-state index in [2.05, 4.69) is 0 Å². The molecule has 8 heteroatoms. The molecule has 1 fully saturated rings. The van der Waals surface area contributed by atoms with E-state index in [-0.39, 0.29) is 17.3 Å². The quantitative estimate of drug-likeness (QED) is 0.596. The molecule has 1 aliphatic heterocycles. The monoisotopic (exact) mass is 458 g/mol. The molecule has 172 valence electrons. The van der Waals surface area contributed by atoms with Gasteiger partial charge in [-0.1, -0.05) is 48.0 Å². The number of carbonyl (C=O) groups is 2. The Morgan fingerprint density at radius 3 is 2.34 bits per heavy atom. The standard InChI is InChI=1S/C24H30N2O5S/c1-17-13-18(2)23(19(3)14-17)32(29,30)26-12-8-11-21(26)24(28)31-16-22(27)25(4)15-20-9-6-5-7-10-20/h5-7,9-10,13-14,21H,8,11-12,15-16H2,1-4H3. The first kappa shape index (κ1) is 23.9. The molecule has 1 aliphatic rings. The Hall–Kier alpha value is -2.71. The Labute approximate surface area is 190 Å². The van der Waals surface area contributed by atoms with Gasteiger partial charge in [0.05, 0.1) is 4.90 Å². The van der Waals surface area contributed by atoms with Gasteiger partial charge in [0.15, 0.2) is 6.61 Å². The predicted molar refractivity (Wildman–Crippen MR) is 121 cm³/mol. The number of hydrogen-bond donors (Lipinski definition) is 0. The van der Waals surface area contributed by atoms with E-state index >= 15 is 0 Å². The Kier molecular flexibility index (Phi) is 7.36. The van der Waals surface area contributed by atoms with E-state index in [4.69, 9.17) is 4.74 Å². The third-order valence-corrected chi connectivity index (χ3v) is 7.89. The maximum absolute atomic E-state index is 13.4. The zero-order valence-corrected chi connectivity index (χ0v) is 19.8. The maximum atomic E-state index is 13.4. The largest absolute Gasteiger partial charge is 0.454 e. The number of sulfonamides is 1. The molecule has 0 saturated carbocycles. The van der Waals surface area contributed by atoms with Crippen molar-refractivity contribution in [1.29, 1.82) is 0 Å². The summed E-state index contributed by atoms with van der Waals surface area (Å²) in [6.07, 6.45) is 0.931. The van der Waals surface area contributed by atoms with Gasteiger partial charge < -0.3 is 9.64 Å². The van der Waals surface area contributed by atoms with Crippen LogP contribution >= 0.6 is 0 Å². The second kappa shape index (κ2) is 9.83. The molecule has 0 radical (unpaired) electrons. The zero-order chi connectivity index (χ0) is 23.5. The second-order valence-corrected chi connectivity index (χ2v) is 10.2. The van der Waals surface area contributed by atoms with Gasteiger partial charge in [0, 0.05) is 20.1 Å². The van der Waals surface area contributed by atoms with Crippen molar-refractivity contribution in [3.05, 3.63) is 64.7 Å². The number of amides is 1. The number of aryl methyl sites for hydroxylation is 3. The number of likely N-dealkylation sites (N-methyl/N-ethyl adjacent to an activating group) is 1. The Morgan fingerprint density at radius 2 is 1.72 bits per heavy atom. The lowest BCUT2D eigenvalue weighted by Crippen LogP contribution is -2.42. The summed E-state index contributed by atoms with van der Waals surface area (Å²) in [4.78, 5) is 26.9. The molecule has 32 heavy (non-hydrogen) atoms. The highest BCUT2D eigenvalue weighted by Crippen LogP contribution is 2.31. The van der Waals surface area contributed by atoms with Crippen molar-refractivity contribution >= 4 is 21.9 Å². The molecule has 0 aliphatic carbocycles. The molecular formula is C24H30N2O5S. The fourth-order valence-corrected chi connectivity index (χ4v) is 6.30. The van der Waals surface area contributed by atoms with E-state index in [1.807, 2.05) is 49.4 Å². The van der Waals surface area contributed by atoms with E-state index in [1.165, 1.54) is 9.21 Å². The summed E-state index contributed by atoms with van der Waals surface area (Å²) in [5.41, 5.74) is 3.25. The third kappa shape index (κ3) is 5.19. The molecular weight excluding hydrogens is 428 g/mol. The lowest BCUT2D eigenvalue weighted by molar-refractivity contribution is -0.154. The first-order valence-electron chi connectivity index (χ1n) is 10.7. The highest BCUT2D eigenvalue weighted by atomic mass is 32.2. The zero-order valence-electron chi connectivity index (χ0n) is 19.0. The summed E-state index contributed by atoms with van der Waals surface area (Å²) in [7, 11) is -2.23. The smallest absolute Gasteiger partial charge is 0.324 e. The summed E-state index contributed by atoms with van der Waals surface area (Å²) >= 11 is 0. The molecule has 2 aromatic carbocycles. The number of nitrogens with zero attached hydrogens (tertiary/aromatic N) is 2. The number of rotatable bonds is 7. The van der Waals surface area contributed by atoms with Crippen molar-refractivity contribution in [1.82, 2.24) is 9.21 Å². The molecule has 0 spiro atoms. The van der Waals surface area contributed by atoms with Gasteiger partial charge >= 0.3 is 5.97 Å². The highest BCUT2D eigenvalue weighted by Gasteiger charge is 2.41. The van der Waals surface area contributed by atoms with Crippen LogP contribution < -0.4 is 0 Å². The normalized spacial score (nSPS) is 16.7.